The van der Waals surface area contributed by atoms with Gasteiger partial charge in [0.15, 0.2) is 0 Å². The zero-order valence-electron chi connectivity index (χ0n) is 9.24. The third-order valence-electron chi connectivity index (χ3n) is 2.65. The van der Waals surface area contributed by atoms with Gasteiger partial charge in [0.2, 0.25) is 0 Å². The molecule has 2 heterocycles. The Hall–Kier alpha value is -1.43. The van der Waals surface area contributed by atoms with Gasteiger partial charge in [-0.25, -0.2) is 0 Å². The van der Waals surface area contributed by atoms with Gasteiger partial charge in [0.05, 0.1) is 13.2 Å². The fourth-order valence-corrected chi connectivity index (χ4v) is 1.74. The number of ether oxygens (including phenoxy) is 3. The van der Waals surface area contributed by atoms with Crippen molar-refractivity contribution >= 4 is 5.71 Å². The van der Waals surface area contributed by atoms with Gasteiger partial charge in [-0.15, -0.1) is 0 Å². The predicted molar refractivity (Wildman–Crippen MR) is 59.2 cm³/mol. The summed E-state index contributed by atoms with van der Waals surface area (Å²) in [7, 11) is 0. The zero-order valence-corrected chi connectivity index (χ0v) is 9.24. The van der Waals surface area contributed by atoms with E-state index in [1.807, 2.05) is 30.3 Å². The molecule has 2 atom stereocenters. The third kappa shape index (κ3) is 2.46. The minimum Gasteiger partial charge on any atom is -0.391 e. The first-order chi connectivity index (χ1) is 8.42. The SMILES string of the molecule is c1ccc(CO/N=C2/COC3OCC2O3)cc1. The normalized spacial score (nSPS) is 29.5. The van der Waals surface area contributed by atoms with E-state index >= 15 is 0 Å². The average Bonchev–Trinajstić information content (AvgIpc) is 2.76. The second-order valence-corrected chi connectivity index (χ2v) is 3.90. The van der Waals surface area contributed by atoms with E-state index in [0.717, 1.165) is 11.3 Å². The standard InChI is InChI=1S/C12H13NO4/c1-2-4-9(5-3-1)6-16-13-10-7-14-12-15-8-11(10)17-12/h1-5,11-12H,6-8H2/b13-10-. The van der Waals surface area contributed by atoms with Gasteiger partial charge < -0.3 is 19.0 Å². The molecule has 1 aromatic carbocycles. The molecule has 3 rings (SSSR count). The fourth-order valence-electron chi connectivity index (χ4n) is 1.74. The van der Waals surface area contributed by atoms with E-state index in [9.17, 15) is 0 Å². The van der Waals surface area contributed by atoms with Crippen LogP contribution in [0.5, 0.6) is 0 Å². The molecule has 2 aliphatic heterocycles. The van der Waals surface area contributed by atoms with E-state index in [4.69, 9.17) is 19.0 Å². The Morgan fingerprint density at radius 2 is 2.12 bits per heavy atom. The summed E-state index contributed by atoms with van der Waals surface area (Å²) in [4.78, 5) is 5.28. The molecule has 0 amide bonds. The van der Waals surface area contributed by atoms with Gasteiger partial charge in [0.1, 0.15) is 18.4 Å². The Morgan fingerprint density at radius 3 is 3.00 bits per heavy atom. The van der Waals surface area contributed by atoms with Gasteiger partial charge in [0.25, 0.3) is 6.48 Å². The molecule has 0 spiro atoms. The van der Waals surface area contributed by atoms with Gasteiger partial charge in [-0.2, -0.15) is 0 Å². The van der Waals surface area contributed by atoms with Crippen molar-refractivity contribution in [1.29, 1.82) is 0 Å². The fraction of sp³-hybridized carbons (Fsp3) is 0.417. The Balaban J connectivity index is 1.56. The molecule has 90 valence electrons. The van der Waals surface area contributed by atoms with Gasteiger partial charge in [-0.05, 0) is 5.56 Å². The van der Waals surface area contributed by atoms with Crippen LogP contribution >= 0.6 is 0 Å². The molecule has 0 N–H and O–H groups in total. The molecule has 17 heavy (non-hydrogen) atoms. The van der Waals surface area contributed by atoms with Crippen molar-refractivity contribution in [3.8, 4) is 0 Å². The first-order valence-corrected chi connectivity index (χ1v) is 5.53. The molecular weight excluding hydrogens is 222 g/mol. The first-order valence-electron chi connectivity index (χ1n) is 5.53. The molecule has 2 aliphatic rings. The molecule has 2 fully saturated rings. The van der Waals surface area contributed by atoms with Crippen LogP contribution in [-0.4, -0.2) is 31.5 Å². The van der Waals surface area contributed by atoms with Crippen molar-refractivity contribution in [3.05, 3.63) is 35.9 Å². The average molecular weight is 235 g/mol. The zero-order chi connectivity index (χ0) is 11.5. The Morgan fingerprint density at radius 1 is 1.24 bits per heavy atom. The van der Waals surface area contributed by atoms with E-state index in [2.05, 4.69) is 5.16 Å². The molecule has 0 saturated carbocycles. The molecule has 5 nitrogen and oxygen atoms in total. The Kier molecular flexibility index (Phi) is 3.04. The molecular formula is C12H13NO4. The maximum absolute atomic E-state index is 5.36. The highest BCUT2D eigenvalue weighted by Gasteiger charge is 2.36. The molecule has 2 unspecified atom stereocenters. The van der Waals surface area contributed by atoms with Gasteiger partial charge in [0, 0.05) is 0 Å². The van der Waals surface area contributed by atoms with Crippen molar-refractivity contribution in [2.75, 3.05) is 13.2 Å². The first kappa shape index (κ1) is 10.7. The molecule has 2 bridgehead atoms. The monoisotopic (exact) mass is 235 g/mol. The van der Waals surface area contributed by atoms with Crippen LogP contribution in [0.3, 0.4) is 0 Å². The molecule has 0 aromatic heterocycles. The van der Waals surface area contributed by atoms with Crippen LogP contribution in [0.4, 0.5) is 0 Å². The van der Waals surface area contributed by atoms with Crippen molar-refractivity contribution < 1.29 is 19.0 Å². The maximum atomic E-state index is 5.36. The van der Waals surface area contributed by atoms with Gasteiger partial charge >= 0.3 is 0 Å². The minimum atomic E-state index is -0.520. The summed E-state index contributed by atoms with van der Waals surface area (Å²) in [6, 6.07) is 9.88. The van der Waals surface area contributed by atoms with E-state index < -0.39 is 6.48 Å². The second kappa shape index (κ2) is 4.83. The van der Waals surface area contributed by atoms with Crippen LogP contribution in [-0.2, 0) is 25.7 Å². The Bertz CT molecular complexity index is 406. The smallest absolute Gasteiger partial charge is 0.272 e. The van der Waals surface area contributed by atoms with Crippen molar-refractivity contribution in [1.82, 2.24) is 0 Å². The summed E-state index contributed by atoms with van der Waals surface area (Å²) in [5.41, 5.74) is 1.82. The summed E-state index contributed by atoms with van der Waals surface area (Å²) in [5.74, 6) is 0. The largest absolute Gasteiger partial charge is 0.391 e. The van der Waals surface area contributed by atoms with E-state index in [1.165, 1.54) is 0 Å². The van der Waals surface area contributed by atoms with E-state index in [0.29, 0.717) is 19.8 Å². The van der Waals surface area contributed by atoms with Crippen molar-refractivity contribution in [2.45, 2.75) is 19.2 Å². The van der Waals surface area contributed by atoms with Gasteiger partial charge in [-0.1, -0.05) is 35.5 Å². The number of fused-ring (bicyclic) bond motifs is 2. The Labute approximate surface area is 98.9 Å². The highest BCUT2D eigenvalue weighted by molar-refractivity contribution is 5.90. The lowest BCUT2D eigenvalue weighted by atomic mass is 10.2. The molecule has 0 aliphatic carbocycles. The molecule has 0 radical (unpaired) electrons. The third-order valence-corrected chi connectivity index (χ3v) is 2.65. The highest BCUT2D eigenvalue weighted by atomic mass is 16.9. The summed E-state index contributed by atoms with van der Waals surface area (Å²) in [6.45, 7) is 0.817. The summed E-state index contributed by atoms with van der Waals surface area (Å²) in [6.07, 6.45) is -0.121. The minimum absolute atomic E-state index is 0.121. The maximum Gasteiger partial charge on any atom is 0.272 e. The lowest BCUT2D eigenvalue weighted by Crippen LogP contribution is -2.34. The van der Waals surface area contributed by atoms with E-state index in [-0.39, 0.29) is 6.10 Å². The molecule has 2 saturated heterocycles. The topological polar surface area (TPSA) is 49.3 Å². The van der Waals surface area contributed by atoms with Crippen LogP contribution in [0.15, 0.2) is 35.5 Å². The van der Waals surface area contributed by atoms with Crippen LogP contribution in [0.2, 0.25) is 0 Å². The number of oxime groups is 1. The van der Waals surface area contributed by atoms with Crippen LogP contribution in [0.25, 0.3) is 0 Å². The second-order valence-electron chi connectivity index (χ2n) is 3.90. The van der Waals surface area contributed by atoms with Gasteiger partial charge in [-0.3, -0.25) is 0 Å². The number of rotatable bonds is 3. The molecule has 5 heteroatoms. The number of hydrogen-bond acceptors (Lipinski definition) is 5. The highest BCUT2D eigenvalue weighted by Crippen LogP contribution is 2.19. The lowest BCUT2D eigenvalue weighted by molar-refractivity contribution is -0.235. The molecule has 1 aromatic rings. The lowest BCUT2D eigenvalue weighted by Gasteiger charge is -2.19. The number of hydrogen-bond donors (Lipinski definition) is 0. The number of benzene rings is 1. The summed E-state index contributed by atoms with van der Waals surface area (Å²) in [5, 5.41) is 4.04. The summed E-state index contributed by atoms with van der Waals surface area (Å²) < 4.78 is 15.8. The van der Waals surface area contributed by atoms with Crippen molar-refractivity contribution in [2.24, 2.45) is 5.16 Å². The van der Waals surface area contributed by atoms with Crippen molar-refractivity contribution in [3.63, 3.8) is 0 Å². The van der Waals surface area contributed by atoms with Crippen LogP contribution < -0.4 is 0 Å². The van der Waals surface area contributed by atoms with E-state index in [1.54, 1.807) is 0 Å². The quantitative estimate of drug-likeness (QED) is 0.741. The van der Waals surface area contributed by atoms with Crippen LogP contribution in [0, 0.1) is 0 Å². The van der Waals surface area contributed by atoms with Crippen LogP contribution in [0.1, 0.15) is 5.56 Å². The predicted octanol–water partition coefficient (Wildman–Crippen LogP) is 1.29. The summed E-state index contributed by atoms with van der Waals surface area (Å²) >= 11 is 0. The number of nitrogens with zero attached hydrogens (tertiary/aromatic N) is 1.